The van der Waals surface area contributed by atoms with E-state index < -0.39 is 5.91 Å². The molecule has 34 heavy (non-hydrogen) atoms. The van der Waals surface area contributed by atoms with Crippen LogP contribution in [0.1, 0.15) is 42.6 Å². The second kappa shape index (κ2) is 10.2. The van der Waals surface area contributed by atoms with E-state index >= 15 is 0 Å². The topological polar surface area (TPSA) is 134 Å². The Morgan fingerprint density at radius 2 is 1.85 bits per heavy atom. The number of hydrogen-bond acceptors (Lipinski definition) is 8. The Kier molecular flexibility index (Phi) is 7.30. The zero-order chi connectivity index (χ0) is 25.0. The molecule has 0 bridgehead atoms. The summed E-state index contributed by atoms with van der Waals surface area (Å²) in [4.78, 5) is 26.0. The summed E-state index contributed by atoms with van der Waals surface area (Å²) >= 11 is 0. The maximum absolute atomic E-state index is 13.1. The third-order valence-corrected chi connectivity index (χ3v) is 5.31. The van der Waals surface area contributed by atoms with Crippen LogP contribution in [0.4, 0.5) is 11.5 Å². The molecule has 180 valence electrons. The van der Waals surface area contributed by atoms with Crippen molar-refractivity contribution < 1.29 is 33.8 Å². The molecule has 0 aliphatic heterocycles. The number of anilines is 2. The molecule has 3 aromatic rings. The molecule has 0 aliphatic carbocycles. The van der Waals surface area contributed by atoms with Gasteiger partial charge in [-0.1, -0.05) is 19.0 Å². The van der Waals surface area contributed by atoms with E-state index in [4.69, 9.17) is 14.0 Å². The number of aromatic nitrogens is 1. The number of phenols is 2. The third-order valence-electron chi connectivity index (χ3n) is 5.31. The molecule has 2 amide bonds. The van der Waals surface area contributed by atoms with Crippen molar-refractivity contribution in [3.63, 3.8) is 0 Å². The van der Waals surface area contributed by atoms with Gasteiger partial charge < -0.3 is 29.5 Å². The number of aromatic hydroxyl groups is 2. The van der Waals surface area contributed by atoms with Gasteiger partial charge in [0.05, 0.1) is 19.8 Å². The van der Waals surface area contributed by atoms with Crippen molar-refractivity contribution in [1.82, 2.24) is 5.16 Å². The lowest BCUT2D eigenvalue weighted by Crippen LogP contribution is -2.23. The lowest BCUT2D eigenvalue weighted by atomic mass is 9.97. The molecule has 0 saturated carbocycles. The van der Waals surface area contributed by atoms with E-state index in [1.165, 1.54) is 31.3 Å². The zero-order valence-corrected chi connectivity index (χ0v) is 19.6. The van der Waals surface area contributed by atoms with Gasteiger partial charge in [-0.2, -0.15) is 0 Å². The molecule has 1 heterocycles. The minimum atomic E-state index is -0.532. The van der Waals surface area contributed by atoms with E-state index in [1.54, 1.807) is 25.1 Å². The fraction of sp³-hybridized carbons (Fsp3) is 0.292. The molecule has 3 N–H and O–H groups in total. The predicted molar refractivity (Wildman–Crippen MR) is 126 cm³/mol. The highest BCUT2D eigenvalue weighted by Gasteiger charge is 2.27. The van der Waals surface area contributed by atoms with Crippen molar-refractivity contribution >= 4 is 23.8 Å². The lowest BCUT2D eigenvalue weighted by Gasteiger charge is -2.15. The molecule has 0 atom stereocenters. The number of ether oxygens (including phenoxy) is 2. The first-order chi connectivity index (χ1) is 16.2. The fourth-order valence-electron chi connectivity index (χ4n) is 3.45. The maximum Gasteiger partial charge on any atom is 0.256 e. The number of phenolic OH excluding ortho intramolecular Hbond substituents is 2. The number of nitrogens with zero attached hydrogens (tertiary/aromatic N) is 2. The van der Waals surface area contributed by atoms with Gasteiger partial charge in [0.2, 0.25) is 12.2 Å². The number of benzene rings is 2. The van der Waals surface area contributed by atoms with E-state index in [0.29, 0.717) is 23.5 Å². The Bertz CT molecular complexity index is 1200. The SMILES string of the molecule is CCN(C=O)c1noc(-c2cc(C(C)C)c(O)cc2O)c1NC(=O)c1ccc(OC)c(OC)c1. The molecule has 0 radical (unpaired) electrons. The van der Waals surface area contributed by atoms with Crippen molar-refractivity contribution in [2.75, 3.05) is 31.0 Å². The van der Waals surface area contributed by atoms with Gasteiger partial charge in [-0.05, 0) is 42.7 Å². The van der Waals surface area contributed by atoms with Gasteiger partial charge in [0.15, 0.2) is 17.3 Å². The zero-order valence-electron chi connectivity index (χ0n) is 19.6. The van der Waals surface area contributed by atoms with E-state index in [0.717, 1.165) is 0 Å². The number of carbonyl (C=O) groups is 2. The van der Waals surface area contributed by atoms with E-state index in [1.807, 2.05) is 13.8 Å². The van der Waals surface area contributed by atoms with Gasteiger partial charge in [-0.3, -0.25) is 14.5 Å². The number of rotatable bonds is 9. The van der Waals surface area contributed by atoms with Crippen molar-refractivity contribution in [3.05, 3.63) is 41.5 Å². The molecule has 0 unspecified atom stereocenters. The minimum Gasteiger partial charge on any atom is -0.508 e. The average molecular weight is 469 g/mol. The van der Waals surface area contributed by atoms with Crippen molar-refractivity contribution in [2.45, 2.75) is 26.7 Å². The average Bonchev–Trinajstić information content (AvgIpc) is 3.22. The highest BCUT2D eigenvalue weighted by atomic mass is 16.5. The summed E-state index contributed by atoms with van der Waals surface area (Å²) in [5.41, 5.74) is 1.10. The molecule has 3 rings (SSSR count). The van der Waals surface area contributed by atoms with E-state index in [-0.39, 0.29) is 52.4 Å². The highest BCUT2D eigenvalue weighted by molar-refractivity contribution is 6.09. The summed E-state index contributed by atoms with van der Waals surface area (Å²) in [6.45, 7) is 5.75. The molecule has 0 aliphatic rings. The van der Waals surface area contributed by atoms with Crippen LogP contribution in [0.15, 0.2) is 34.9 Å². The smallest absolute Gasteiger partial charge is 0.256 e. The van der Waals surface area contributed by atoms with Crippen LogP contribution in [0.5, 0.6) is 23.0 Å². The Balaban J connectivity index is 2.13. The minimum absolute atomic E-state index is 0.0310. The van der Waals surface area contributed by atoms with Crippen molar-refractivity contribution in [1.29, 1.82) is 0 Å². The Hall–Kier alpha value is -4.21. The standard InChI is InChI=1S/C24H27N3O7/c1-6-27(12-28)23-21(25-24(31)14-7-8-19(32-4)20(9-14)33-5)22(34-26-23)16-10-15(13(2)3)17(29)11-18(16)30/h7-13,29-30H,6H2,1-5H3,(H,25,31). The fourth-order valence-corrected chi connectivity index (χ4v) is 3.45. The molecule has 2 aromatic carbocycles. The van der Waals surface area contributed by atoms with Crippen LogP contribution in [-0.4, -0.2) is 48.5 Å². The monoisotopic (exact) mass is 469 g/mol. The van der Waals surface area contributed by atoms with Crippen LogP contribution in [0.25, 0.3) is 11.3 Å². The van der Waals surface area contributed by atoms with Crippen LogP contribution in [0.2, 0.25) is 0 Å². The summed E-state index contributed by atoms with van der Waals surface area (Å²) in [6, 6.07) is 7.41. The van der Waals surface area contributed by atoms with Crippen LogP contribution in [-0.2, 0) is 4.79 Å². The second-order valence-corrected chi connectivity index (χ2v) is 7.71. The summed E-state index contributed by atoms with van der Waals surface area (Å²) in [5, 5.41) is 27.5. The van der Waals surface area contributed by atoms with Crippen LogP contribution in [0, 0.1) is 0 Å². The van der Waals surface area contributed by atoms with Gasteiger partial charge in [0, 0.05) is 18.2 Å². The molecule has 0 fully saturated rings. The molecule has 0 spiro atoms. The number of carbonyl (C=O) groups excluding carboxylic acids is 2. The van der Waals surface area contributed by atoms with Gasteiger partial charge >= 0.3 is 0 Å². The number of nitrogens with one attached hydrogen (secondary N) is 1. The van der Waals surface area contributed by atoms with Crippen molar-refractivity contribution in [3.8, 4) is 34.3 Å². The molecule has 10 nitrogen and oxygen atoms in total. The molecule has 1 aromatic heterocycles. The largest absolute Gasteiger partial charge is 0.508 e. The first kappa shape index (κ1) is 24.4. The first-order valence-electron chi connectivity index (χ1n) is 10.6. The van der Waals surface area contributed by atoms with Crippen LogP contribution in [0.3, 0.4) is 0 Å². The number of methoxy groups -OCH3 is 2. The quantitative estimate of drug-likeness (QED) is 0.398. The molecular weight excluding hydrogens is 442 g/mol. The maximum atomic E-state index is 13.1. The molecule has 0 saturated heterocycles. The van der Waals surface area contributed by atoms with E-state index in [2.05, 4.69) is 10.5 Å². The predicted octanol–water partition coefficient (Wildman–Crippen LogP) is 4.13. The lowest BCUT2D eigenvalue weighted by molar-refractivity contribution is -0.107. The van der Waals surface area contributed by atoms with Crippen LogP contribution >= 0.6 is 0 Å². The van der Waals surface area contributed by atoms with E-state index in [9.17, 15) is 19.8 Å². The number of hydrogen-bond donors (Lipinski definition) is 3. The Morgan fingerprint density at radius 1 is 1.15 bits per heavy atom. The first-order valence-corrected chi connectivity index (χ1v) is 10.6. The summed E-state index contributed by atoms with van der Waals surface area (Å²) in [7, 11) is 2.94. The van der Waals surface area contributed by atoms with Crippen LogP contribution < -0.4 is 19.7 Å². The van der Waals surface area contributed by atoms with Gasteiger partial charge in [-0.25, -0.2) is 0 Å². The number of amides is 2. The summed E-state index contributed by atoms with van der Waals surface area (Å²) < 4.78 is 16.0. The van der Waals surface area contributed by atoms with Gasteiger partial charge in [-0.15, -0.1) is 0 Å². The Labute approximate surface area is 196 Å². The Morgan fingerprint density at radius 3 is 2.44 bits per heavy atom. The molecule has 10 heteroatoms. The normalized spacial score (nSPS) is 10.8. The summed E-state index contributed by atoms with van der Waals surface area (Å²) in [5.74, 6) is -0.0242. The van der Waals surface area contributed by atoms with Gasteiger partial charge in [0.25, 0.3) is 5.91 Å². The van der Waals surface area contributed by atoms with Crippen molar-refractivity contribution in [2.24, 2.45) is 0 Å². The van der Waals surface area contributed by atoms with Gasteiger partial charge in [0.1, 0.15) is 17.2 Å². The third kappa shape index (κ3) is 4.61. The summed E-state index contributed by atoms with van der Waals surface area (Å²) in [6.07, 6.45) is 0.559. The highest BCUT2D eigenvalue weighted by Crippen LogP contribution is 2.44. The second-order valence-electron chi connectivity index (χ2n) is 7.71. The molecular formula is C24H27N3O7.